The van der Waals surface area contributed by atoms with Crippen LogP contribution in [0.15, 0.2) is 18.2 Å². The second-order valence-electron chi connectivity index (χ2n) is 15.2. The predicted molar refractivity (Wildman–Crippen MR) is 282 cm³/mol. The van der Waals surface area contributed by atoms with E-state index >= 15 is 0 Å². The fourth-order valence-electron chi connectivity index (χ4n) is 5.39. The summed E-state index contributed by atoms with van der Waals surface area (Å²) >= 11 is 4.11. The number of hydrazine groups is 1. The standard InChI is InChI=1S/C15H16BN3O5S.C9H15NO4.C8H12N2O2S.C6H8N2O2S.C5H10N2O3.C3H6O2/c17-7-13-19-18-12(25-13)6-10(20)5-9-4-8-2-1-3-11(15(21)22)14(8)24-16(9)23;1-3-7(11)6-10-8(12)5-9(13)14-4-2;1-3-6-9-10-7(13-6)5-8(11)12-4-2;1-2-4-7-8-5(11-4)3-6(9)10;1-2-10-5(9)3-4(8)7-6;1-2-3(4)5/h1-3,9,23H,4-7,17H2,(H,21,22);3-6H2,1-2H3,(H,10,12);3-5H2,1-2H3;2-3H2,1H3,(H,9,10);2-3,6H2,1H3,(H,7,8);2H2,1H3,(H,4,5)/t9-;;;;;/m1...../s1. The minimum atomic E-state index is -1.23. The van der Waals surface area contributed by atoms with Crippen molar-refractivity contribution in [3.63, 3.8) is 0 Å². The molecular weight excluding hydrogens is 1090 g/mol. The maximum Gasteiger partial charge on any atom is 0.526 e. The van der Waals surface area contributed by atoms with Crippen LogP contribution in [0.1, 0.15) is 127 Å². The van der Waals surface area contributed by atoms with Crippen molar-refractivity contribution in [2.45, 2.75) is 131 Å². The zero-order valence-electron chi connectivity index (χ0n) is 44.3. The average molecular weight is 1160 g/mol. The molecule has 0 aliphatic carbocycles. The summed E-state index contributed by atoms with van der Waals surface area (Å²) in [6, 6.07) is 4.78. The van der Waals surface area contributed by atoms with Gasteiger partial charge in [-0.1, -0.05) is 51.2 Å². The smallest absolute Gasteiger partial charge is 0.526 e. The number of Topliss-reactive ketones (excluding diaryl/α,β-unsaturated/α-hetero) is 2. The van der Waals surface area contributed by atoms with Gasteiger partial charge in [0, 0.05) is 31.6 Å². The molecule has 1 aromatic carbocycles. The van der Waals surface area contributed by atoms with Crippen LogP contribution in [0.25, 0.3) is 0 Å². The topological polar surface area (TPSA) is 442 Å². The number of aryl methyl sites for hydroxylation is 2. The van der Waals surface area contributed by atoms with E-state index in [0.717, 1.165) is 27.9 Å². The molecule has 1 aliphatic rings. The van der Waals surface area contributed by atoms with Crippen molar-refractivity contribution >= 4 is 100 Å². The molecular formula is C46H67BN10O18S3. The maximum absolute atomic E-state index is 12.3. The molecule has 4 aromatic rings. The number of carboxylic acids is 3. The Kier molecular flexibility index (Phi) is 37.1. The van der Waals surface area contributed by atoms with E-state index in [9.17, 15) is 58.1 Å². The lowest BCUT2D eigenvalue weighted by atomic mass is 9.64. The first-order valence-electron chi connectivity index (χ1n) is 24.1. The van der Waals surface area contributed by atoms with Gasteiger partial charge >= 0.3 is 42.9 Å². The Morgan fingerprint density at radius 2 is 1.12 bits per heavy atom. The van der Waals surface area contributed by atoms with E-state index in [0.29, 0.717) is 40.0 Å². The Bertz CT molecular complexity index is 2540. The quantitative estimate of drug-likeness (QED) is 0.0100. The van der Waals surface area contributed by atoms with Gasteiger partial charge in [0.1, 0.15) is 54.4 Å². The fraction of sp³-hybridized carbons (Fsp3) is 0.522. The number of hydrogen-bond acceptors (Lipinski definition) is 26. The highest BCUT2D eigenvalue weighted by Crippen LogP contribution is 2.36. The van der Waals surface area contributed by atoms with Gasteiger partial charge in [-0.3, -0.25) is 48.6 Å². The molecule has 0 radical (unpaired) electrons. The lowest BCUT2D eigenvalue weighted by molar-refractivity contribution is -0.147. The van der Waals surface area contributed by atoms with Crippen LogP contribution in [-0.4, -0.2) is 144 Å². The number of esters is 3. The Balaban J connectivity index is 0.000000973. The van der Waals surface area contributed by atoms with Gasteiger partial charge in [0.15, 0.2) is 5.78 Å². The number of carbonyl (C=O) groups is 10. The molecule has 0 unspecified atom stereocenters. The molecule has 3 aromatic heterocycles. The van der Waals surface area contributed by atoms with Gasteiger partial charge < -0.3 is 50.3 Å². The number of aromatic carboxylic acids is 1. The summed E-state index contributed by atoms with van der Waals surface area (Å²) in [5, 5.41) is 65.3. The van der Waals surface area contributed by atoms with Crippen LogP contribution in [0.2, 0.25) is 5.82 Å². The van der Waals surface area contributed by atoms with E-state index in [1.165, 1.54) is 40.1 Å². The van der Waals surface area contributed by atoms with Crippen LogP contribution in [0.3, 0.4) is 0 Å². The van der Waals surface area contributed by atoms with Crippen LogP contribution in [0.5, 0.6) is 5.75 Å². The number of rotatable bonds is 23. The molecule has 0 spiro atoms. The van der Waals surface area contributed by atoms with Gasteiger partial charge in [-0.25, -0.2) is 10.6 Å². The van der Waals surface area contributed by atoms with Crippen LogP contribution in [0.4, 0.5) is 0 Å². The Morgan fingerprint density at radius 1 is 0.641 bits per heavy atom. The molecule has 4 heterocycles. The molecule has 10 N–H and O–H groups in total. The molecule has 32 heteroatoms. The predicted octanol–water partition coefficient (Wildman–Crippen LogP) is 2.06. The molecule has 0 fully saturated rings. The number of aliphatic carboxylic acids is 2. The van der Waals surface area contributed by atoms with Crippen LogP contribution < -0.4 is 27.0 Å². The van der Waals surface area contributed by atoms with E-state index in [-0.39, 0.29) is 100 Å². The number of benzene rings is 1. The van der Waals surface area contributed by atoms with E-state index in [1.54, 1.807) is 46.8 Å². The number of ketones is 2. The summed E-state index contributed by atoms with van der Waals surface area (Å²) in [6.45, 7) is 13.6. The van der Waals surface area contributed by atoms with Crippen molar-refractivity contribution in [3.8, 4) is 5.75 Å². The zero-order chi connectivity index (χ0) is 59.2. The number of nitrogens with one attached hydrogen (secondary N) is 2. The molecule has 5 rings (SSSR count). The number of fused-ring (bicyclic) bond motifs is 1. The number of para-hydroxylation sites is 1. The van der Waals surface area contributed by atoms with Gasteiger partial charge in [-0.05, 0) is 51.7 Å². The number of carbonyl (C=O) groups excluding carboxylic acids is 7. The van der Waals surface area contributed by atoms with E-state index in [2.05, 4.69) is 45.4 Å². The van der Waals surface area contributed by atoms with Crippen LogP contribution >= 0.6 is 34.0 Å². The number of nitrogens with zero attached hydrogens (tertiary/aromatic N) is 6. The number of amides is 2. The highest BCUT2D eigenvalue weighted by atomic mass is 32.1. The van der Waals surface area contributed by atoms with Crippen molar-refractivity contribution in [1.82, 2.24) is 41.3 Å². The summed E-state index contributed by atoms with van der Waals surface area (Å²) in [6.07, 6.45) is 2.46. The molecule has 430 valence electrons. The highest BCUT2D eigenvalue weighted by molar-refractivity contribution is 7.11. The first-order chi connectivity index (χ1) is 37.0. The first-order valence-corrected chi connectivity index (χ1v) is 26.5. The first kappa shape index (κ1) is 70.7. The molecule has 0 bridgehead atoms. The second-order valence-corrected chi connectivity index (χ2v) is 18.6. The van der Waals surface area contributed by atoms with E-state index in [1.807, 2.05) is 19.3 Å². The van der Waals surface area contributed by atoms with Gasteiger partial charge in [0.2, 0.25) is 11.8 Å². The zero-order valence-corrected chi connectivity index (χ0v) is 46.7. The number of ether oxygens (including phenoxy) is 3. The fourth-order valence-corrected chi connectivity index (χ4v) is 7.69. The van der Waals surface area contributed by atoms with Crippen LogP contribution in [0, 0.1) is 0 Å². The number of carboxylic acid groups (broad SMARTS) is 3. The molecule has 0 saturated carbocycles. The molecule has 1 aliphatic heterocycles. The summed E-state index contributed by atoms with van der Waals surface area (Å²) < 4.78 is 19.2. The van der Waals surface area contributed by atoms with Gasteiger partial charge in [0.05, 0.1) is 51.2 Å². The van der Waals surface area contributed by atoms with Crippen molar-refractivity contribution in [2.24, 2.45) is 11.6 Å². The Hall–Kier alpha value is -7.26. The Morgan fingerprint density at radius 3 is 1.55 bits per heavy atom. The largest absolute Gasteiger partial charge is 0.535 e. The van der Waals surface area contributed by atoms with E-state index < -0.39 is 54.6 Å². The van der Waals surface area contributed by atoms with Crippen LogP contribution in [-0.2, 0) is 102 Å². The SMILES string of the molecule is CCC(=O)O.CCOC(=O)CC(=O)NCC(=O)CC.CCOC(=O)CC(=O)NN.CCOC(=O)Cc1nnc(CC)s1.CCc1nnc(CC(=O)O)s1.NCc1nnc(CC(=O)C[C@H]2Cc3cccc(C(=O)O)c3OB2O)s1. The minimum Gasteiger partial charge on any atom is -0.535 e. The average Bonchev–Trinajstić information content (AvgIpc) is 4.18. The number of hydrogen-bond donors (Lipinski definition) is 8. The van der Waals surface area contributed by atoms with Gasteiger partial charge in [-0.2, -0.15) is 0 Å². The van der Waals surface area contributed by atoms with Crippen molar-refractivity contribution in [3.05, 3.63) is 59.4 Å². The highest BCUT2D eigenvalue weighted by Gasteiger charge is 2.38. The molecule has 0 saturated heterocycles. The number of nitrogens with two attached hydrogens (primary N) is 2. The molecule has 2 amide bonds. The normalized spacial score (nSPS) is 11.5. The van der Waals surface area contributed by atoms with Crippen molar-refractivity contribution in [1.29, 1.82) is 0 Å². The monoisotopic (exact) mass is 1150 g/mol. The lowest BCUT2D eigenvalue weighted by Crippen LogP contribution is -2.36. The third-order valence-electron chi connectivity index (χ3n) is 9.06. The summed E-state index contributed by atoms with van der Waals surface area (Å²) in [5.74, 6) is -0.842. The Labute approximate surface area is 461 Å². The minimum absolute atomic E-state index is 0.00417. The molecule has 28 nitrogen and oxygen atoms in total. The summed E-state index contributed by atoms with van der Waals surface area (Å²) in [4.78, 5) is 108. The van der Waals surface area contributed by atoms with Crippen molar-refractivity contribution in [2.75, 3.05) is 26.4 Å². The number of aromatic nitrogens is 6. The van der Waals surface area contributed by atoms with Gasteiger partial charge in [-0.15, -0.1) is 53.3 Å². The van der Waals surface area contributed by atoms with Crippen molar-refractivity contribution < 1.29 is 87.2 Å². The lowest BCUT2D eigenvalue weighted by Gasteiger charge is -2.27. The third kappa shape index (κ3) is 31.7. The molecule has 1 atom stereocenters. The summed E-state index contributed by atoms with van der Waals surface area (Å²) in [7, 11) is -1.23. The van der Waals surface area contributed by atoms with Gasteiger partial charge in [0.25, 0.3) is 0 Å². The third-order valence-corrected chi connectivity index (χ3v) is 12.1. The molecule has 78 heavy (non-hydrogen) atoms. The second kappa shape index (κ2) is 40.9. The summed E-state index contributed by atoms with van der Waals surface area (Å²) in [5.41, 5.74) is 7.96. The maximum atomic E-state index is 12.3. The van der Waals surface area contributed by atoms with E-state index in [4.69, 9.17) is 31.2 Å².